The van der Waals surface area contributed by atoms with E-state index < -0.39 is 10.0 Å². The van der Waals surface area contributed by atoms with Crippen molar-refractivity contribution in [2.75, 3.05) is 13.1 Å². The Bertz CT molecular complexity index is 637. The molecule has 0 unspecified atom stereocenters. The van der Waals surface area contributed by atoms with Crippen molar-refractivity contribution < 1.29 is 13.2 Å². The van der Waals surface area contributed by atoms with Crippen molar-refractivity contribution in [1.82, 2.24) is 4.90 Å². The van der Waals surface area contributed by atoms with E-state index in [1.807, 2.05) is 0 Å². The molecule has 1 aromatic rings. The molecule has 1 saturated heterocycles. The Hall–Kier alpha value is -0.920. The summed E-state index contributed by atoms with van der Waals surface area (Å²) in [6.07, 6.45) is 0. The Morgan fingerprint density at radius 1 is 1.42 bits per heavy atom. The standard InChI is InChI=1S/C12H15BrN2O3S/c1-7-5-15(6-7)12(16)9-4-11(19(14,17)18)10(13)3-8(9)2/h3-4,7H,5-6H2,1-2H3,(H2,14,17,18). The lowest BCUT2D eigenvalue weighted by Gasteiger charge is -2.37. The third-order valence-electron chi connectivity index (χ3n) is 3.17. The lowest BCUT2D eigenvalue weighted by molar-refractivity contribution is 0.0529. The highest BCUT2D eigenvalue weighted by Gasteiger charge is 2.29. The van der Waals surface area contributed by atoms with Crippen LogP contribution in [-0.2, 0) is 10.0 Å². The zero-order chi connectivity index (χ0) is 14.4. The minimum atomic E-state index is -3.85. The Morgan fingerprint density at radius 3 is 2.47 bits per heavy atom. The fourth-order valence-electron chi connectivity index (χ4n) is 2.14. The molecule has 19 heavy (non-hydrogen) atoms. The van der Waals surface area contributed by atoms with Gasteiger partial charge in [0.15, 0.2) is 0 Å². The van der Waals surface area contributed by atoms with Gasteiger partial charge in [-0.1, -0.05) is 6.92 Å². The Kier molecular flexibility index (Phi) is 3.72. The van der Waals surface area contributed by atoms with Gasteiger partial charge in [-0.25, -0.2) is 13.6 Å². The van der Waals surface area contributed by atoms with Crippen molar-refractivity contribution >= 4 is 31.9 Å². The van der Waals surface area contributed by atoms with Crippen LogP contribution in [0.15, 0.2) is 21.5 Å². The van der Waals surface area contributed by atoms with Gasteiger partial charge in [-0.2, -0.15) is 0 Å². The number of aryl methyl sites for hydroxylation is 1. The first kappa shape index (κ1) is 14.5. The summed E-state index contributed by atoms with van der Waals surface area (Å²) in [4.78, 5) is 13.9. The third-order valence-corrected chi connectivity index (χ3v) is 5.04. The Balaban J connectivity index is 2.44. The van der Waals surface area contributed by atoms with Crippen LogP contribution in [0.4, 0.5) is 0 Å². The summed E-state index contributed by atoms with van der Waals surface area (Å²) in [7, 11) is -3.85. The first-order valence-electron chi connectivity index (χ1n) is 5.82. The van der Waals surface area contributed by atoms with Crippen molar-refractivity contribution in [3.05, 3.63) is 27.7 Å². The normalized spacial score (nSPS) is 16.3. The zero-order valence-electron chi connectivity index (χ0n) is 10.7. The molecule has 0 atom stereocenters. The van der Waals surface area contributed by atoms with E-state index >= 15 is 0 Å². The summed E-state index contributed by atoms with van der Waals surface area (Å²) in [6.45, 7) is 5.25. The molecule has 1 amide bonds. The number of amides is 1. The number of nitrogens with zero attached hydrogens (tertiary/aromatic N) is 1. The summed E-state index contributed by atoms with van der Waals surface area (Å²) >= 11 is 3.16. The van der Waals surface area contributed by atoms with Crippen LogP contribution in [0.3, 0.4) is 0 Å². The van der Waals surface area contributed by atoms with E-state index in [0.29, 0.717) is 29.0 Å². The molecule has 1 aromatic carbocycles. The Labute approximate surface area is 121 Å². The minimum absolute atomic E-state index is 0.0602. The minimum Gasteiger partial charge on any atom is -0.338 e. The molecule has 0 aliphatic carbocycles. The van der Waals surface area contributed by atoms with E-state index in [4.69, 9.17) is 5.14 Å². The second kappa shape index (κ2) is 4.88. The summed E-state index contributed by atoms with van der Waals surface area (Å²) in [6, 6.07) is 2.95. The SMILES string of the molecule is Cc1cc(Br)c(S(N)(=O)=O)cc1C(=O)N1CC(C)C1. The van der Waals surface area contributed by atoms with E-state index in [1.54, 1.807) is 17.9 Å². The Morgan fingerprint density at radius 2 is 2.00 bits per heavy atom. The van der Waals surface area contributed by atoms with Gasteiger partial charge >= 0.3 is 0 Å². The van der Waals surface area contributed by atoms with Crippen LogP contribution in [0.2, 0.25) is 0 Å². The van der Waals surface area contributed by atoms with Gasteiger partial charge < -0.3 is 4.90 Å². The predicted molar refractivity (Wildman–Crippen MR) is 75.3 cm³/mol. The average molecular weight is 347 g/mol. The van der Waals surface area contributed by atoms with Crippen LogP contribution in [0.5, 0.6) is 0 Å². The molecular weight excluding hydrogens is 332 g/mol. The molecule has 2 rings (SSSR count). The number of primary sulfonamides is 1. The molecule has 5 nitrogen and oxygen atoms in total. The fraction of sp³-hybridized carbons (Fsp3) is 0.417. The summed E-state index contributed by atoms with van der Waals surface area (Å²) in [5, 5.41) is 5.14. The third kappa shape index (κ3) is 2.82. The second-order valence-electron chi connectivity index (χ2n) is 4.96. The average Bonchev–Trinajstić information content (AvgIpc) is 2.22. The van der Waals surface area contributed by atoms with Crippen LogP contribution in [0.1, 0.15) is 22.8 Å². The van der Waals surface area contributed by atoms with E-state index in [1.165, 1.54) is 6.07 Å². The summed E-state index contributed by atoms with van der Waals surface area (Å²) in [5.74, 6) is 0.352. The van der Waals surface area contributed by atoms with Crippen LogP contribution in [0, 0.1) is 12.8 Å². The van der Waals surface area contributed by atoms with Crippen LogP contribution in [-0.4, -0.2) is 32.3 Å². The number of rotatable bonds is 2. The van der Waals surface area contributed by atoms with Crippen molar-refractivity contribution in [2.45, 2.75) is 18.7 Å². The molecular formula is C12H15BrN2O3S. The molecule has 1 heterocycles. The van der Waals surface area contributed by atoms with Gasteiger partial charge in [0.1, 0.15) is 0 Å². The van der Waals surface area contributed by atoms with Gasteiger partial charge in [0.05, 0.1) is 4.90 Å². The number of likely N-dealkylation sites (tertiary alicyclic amines) is 1. The topological polar surface area (TPSA) is 80.5 Å². The van der Waals surface area contributed by atoms with E-state index in [-0.39, 0.29) is 10.8 Å². The number of benzene rings is 1. The molecule has 104 valence electrons. The summed E-state index contributed by atoms with van der Waals surface area (Å²) < 4.78 is 23.3. The van der Waals surface area contributed by atoms with Crippen molar-refractivity contribution in [3.63, 3.8) is 0 Å². The predicted octanol–water partition coefficient (Wildman–Crippen LogP) is 1.50. The number of sulfonamides is 1. The lowest BCUT2D eigenvalue weighted by Crippen LogP contribution is -2.48. The van der Waals surface area contributed by atoms with Gasteiger partial charge in [0.2, 0.25) is 10.0 Å². The first-order valence-corrected chi connectivity index (χ1v) is 8.16. The maximum atomic E-state index is 12.3. The molecule has 1 aliphatic rings. The quantitative estimate of drug-likeness (QED) is 0.880. The van der Waals surface area contributed by atoms with Gasteiger partial charge in [0, 0.05) is 23.1 Å². The molecule has 2 N–H and O–H groups in total. The lowest BCUT2D eigenvalue weighted by atomic mass is 10.00. The smallest absolute Gasteiger partial charge is 0.254 e. The molecule has 7 heteroatoms. The molecule has 1 fully saturated rings. The molecule has 0 radical (unpaired) electrons. The van der Waals surface area contributed by atoms with Crippen LogP contribution >= 0.6 is 15.9 Å². The molecule has 0 aromatic heterocycles. The number of halogens is 1. The highest BCUT2D eigenvalue weighted by atomic mass is 79.9. The van der Waals surface area contributed by atoms with Gasteiger partial charge in [-0.15, -0.1) is 0 Å². The highest BCUT2D eigenvalue weighted by molar-refractivity contribution is 9.10. The van der Waals surface area contributed by atoms with E-state index in [0.717, 1.165) is 5.56 Å². The number of hydrogen-bond acceptors (Lipinski definition) is 3. The highest BCUT2D eigenvalue weighted by Crippen LogP contribution is 2.27. The van der Waals surface area contributed by atoms with Crippen molar-refractivity contribution in [3.8, 4) is 0 Å². The first-order chi connectivity index (χ1) is 8.70. The summed E-state index contributed by atoms with van der Waals surface area (Å²) in [5.41, 5.74) is 1.11. The molecule has 0 spiro atoms. The van der Waals surface area contributed by atoms with Gasteiger partial charge in [0.25, 0.3) is 5.91 Å². The fourth-order valence-corrected chi connectivity index (χ4v) is 3.88. The molecule has 0 bridgehead atoms. The van der Waals surface area contributed by atoms with Crippen molar-refractivity contribution in [2.24, 2.45) is 11.1 Å². The maximum absolute atomic E-state index is 12.3. The van der Waals surface area contributed by atoms with Crippen LogP contribution in [0.25, 0.3) is 0 Å². The largest absolute Gasteiger partial charge is 0.338 e. The van der Waals surface area contributed by atoms with E-state index in [9.17, 15) is 13.2 Å². The number of carbonyl (C=O) groups is 1. The maximum Gasteiger partial charge on any atom is 0.254 e. The second-order valence-corrected chi connectivity index (χ2v) is 7.34. The van der Waals surface area contributed by atoms with Gasteiger partial charge in [-0.3, -0.25) is 4.79 Å². The van der Waals surface area contributed by atoms with E-state index in [2.05, 4.69) is 22.9 Å². The van der Waals surface area contributed by atoms with Crippen molar-refractivity contribution in [1.29, 1.82) is 0 Å². The monoisotopic (exact) mass is 346 g/mol. The number of carbonyl (C=O) groups excluding carboxylic acids is 1. The molecule has 0 saturated carbocycles. The number of nitrogens with two attached hydrogens (primary N) is 1. The molecule has 1 aliphatic heterocycles. The number of hydrogen-bond donors (Lipinski definition) is 1. The van der Waals surface area contributed by atoms with Gasteiger partial charge in [-0.05, 0) is 46.5 Å². The van der Waals surface area contributed by atoms with Crippen LogP contribution < -0.4 is 5.14 Å². The zero-order valence-corrected chi connectivity index (χ0v) is 13.1.